The van der Waals surface area contributed by atoms with Gasteiger partial charge in [0.25, 0.3) is 0 Å². The van der Waals surface area contributed by atoms with E-state index in [2.05, 4.69) is 51.8 Å². The Morgan fingerprint density at radius 2 is 1.88 bits per heavy atom. The average molecular weight is 226 g/mol. The molecule has 2 atom stereocenters. The Bertz CT molecular complexity index is 205. The largest absolute Gasteiger partial charge is 0.314 e. The summed E-state index contributed by atoms with van der Waals surface area (Å²) >= 11 is 0. The van der Waals surface area contributed by atoms with Gasteiger partial charge in [0.05, 0.1) is 0 Å². The molecule has 16 heavy (non-hydrogen) atoms. The Balaban J connectivity index is 2.35. The summed E-state index contributed by atoms with van der Waals surface area (Å²) in [6.45, 7) is 17.6. The van der Waals surface area contributed by atoms with Gasteiger partial charge in [0, 0.05) is 18.6 Å². The summed E-state index contributed by atoms with van der Waals surface area (Å²) in [7, 11) is 0. The summed E-state index contributed by atoms with van der Waals surface area (Å²) in [4.78, 5) is 2.66. The van der Waals surface area contributed by atoms with Gasteiger partial charge in [-0.15, -0.1) is 0 Å². The highest BCUT2D eigenvalue weighted by Crippen LogP contribution is 2.28. The molecule has 1 N–H and O–H groups in total. The van der Waals surface area contributed by atoms with E-state index >= 15 is 0 Å². The second-order valence-electron chi connectivity index (χ2n) is 6.75. The molecule has 0 amide bonds. The minimum atomic E-state index is 0.403. The van der Waals surface area contributed by atoms with E-state index in [0.717, 1.165) is 5.92 Å². The van der Waals surface area contributed by atoms with Gasteiger partial charge in [-0.2, -0.15) is 0 Å². The van der Waals surface area contributed by atoms with E-state index in [1.165, 1.54) is 26.1 Å². The Morgan fingerprint density at radius 3 is 2.38 bits per heavy atom. The molecule has 1 saturated heterocycles. The fraction of sp³-hybridized carbons (Fsp3) is 1.00. The highest BCUT2D eigenvalue weighted by molar-refractivity contribution is 4.86. The Kier molecular flexibility index (Phi) is 4.81. The van der Waals surface area contributed by atoms with Crippen LogP contribution in [0, 0.1) is 11.3 Å². The van der Waals surface area contributed by atoms with Gasteiger partial charge in [-0.1, -0.05) is 34.6 Å². The lowest BCUT2D eigenvalue weighted by molar-refractivity contribution is 0.135. The summed E-state index contributed by atoms with van der Waals surface area (Å²) in [5.74, 6) is 0.854. The molecule has 2 nitrogen and oxygen atoms in total. The van der Waals surface area contributed by atoms with E-state index in [1.54, 1.807) is 0 Å². The summed E-state index contributed by atoms with van der Waals surface area (Å²) in [6, 6.07) is 1.31. The quantitative estimate of drug-likeness (QED) is 0.793. The van der Waals surface area contributed by atoms with Crippen molar-refractivity contribution in [3.05, 3.63) is 0 Å². The second kappa shape index (κ2) is 5.50. The van der Waals surface area contributed by atoms with E-state index in [9.17, 15) is 0 Å². The lowest BCUT2D eigenvalue weighted by Gasteiger charge is -2.35. The van der Waals surface area contributed by atoms with Gasteiger partial charge < -0.3 is 5.32 Å². The molecule has 0 radical (unpaired) electrons. The first kappa shape index (κ1) is 14.0. The van der Waals surface area contributed by atoms with Crippen molar-refractivity contribution >= 4 is 0 Å². The molecule has 2 heteroatoms. The van der Waals surface area contributed by atoms with E-state index in [1.807, 2.05) is 0 Å². The molecule has 1 aliphatic heterocycles. The highest BCUT2D eigenvalue weighted by Gasteiger charge is 2.31. The third-order valence-corrected chi connectivity index (χ3v) is 3.93. The molecule has 96 valence electrons. The summed E-state index contributed by atoms with van der Waals surface area (Å²) < 4.78 is 0. The van der Waals surface area contributed by atoms with Crippen molar-refractivity contribution in [1.82, 2.24) is 10.2 Å². The van der Waals surface area contributed by atoms with Crippen LogP contribution < -0.4 is 5.32 Å². The lowest BCUT2D eigenvalue weighted by atomic mass is 9.87. The summed E-state index contributed by atoms with van der Waals surface area (Å²) in [6.07, 6.45) is 1.36. The van der Waals surface area contributed by atoms with Crippen LogP contribution in [0.15, 0.2) is 0 Å². The topological polar surface area (TPSA) is 15.3 Å². The maximum Gasteiger partial charge on any atom is 0.0116 e. The third-order valence-electron chi connectivity index (χ3n) is 3.93. The minimum Gasteiger partial charge on any atom is -0.314 e. The molecule has 0 aromatic carbocycles. The maximum absolute atomic E-state index is 3.56. The van der Waals surface area contributed by atoms with E-state index < -0.39 is 0 Å². The second-order valence-corrected chi connectivity index (χ2v) is 6.75. The molecule has 2 unspecified atom stereocenters. The zero-order valence-electron chi connectivity index (χ0n) is 12.0. The molecule has 0 spiro atoms. The summed E-state index contributed by atoms with van der Waals surface area (Å²) in [5, 5.41) is 3.56. The molecular formula is C14H30N2. The van der Waals surface area contributed by atoms with Gasteiger partial charge in [-0.25, -0.2) is 0 Å². The number of nitrogens with zero attached hydrogens (tertiary/aromatic N) is 1. The molecule has 1 heterocycles. The number of likely N-dealkylation sites (tertiary alicyclic amines) is 1. The van der Waals surface area contributed by atoms with Gasteiger partial charge >= 0.3 is 0 Å². The summed E-state index contributed by atoms with van der Waals surface area (Å²) in [5.41, 5.74) is 0.403. The van der Waals surface area contributed by atoms with Crippen LogP contribution in [0.3, 0.4) is 0 Å². The predicted octanol–water partition coefficient (Wildman–Crippen LogP) is 2.74. The maximum atomic E-state index is 3.56. The van der Waals surface area contributed by atoms with Crippen molar-refractivity contribution in [3.8, 4) is 0 Å². The van der Waals surface area contributed by atoms with Gasteiger partial charge in [0.1, 0.15) is 0 Å². The van der Waals surface area contributed by atoms with Gasteiger partial charge in [-0.05, 0) is 37.8 Å². The smallest absolute Gasteiger partial charge is 0.0116 e. The van der Waals surface area contributed by atoms with Crippen LogP contribution in [-0.2, 0) is 0 Å². The monoisotopic (exact) mass is 226 g/mol. The molecule has 1 rings (SSSR count). The van der Waals surface area contributed by atoms with Crippen LogP contribution in [-0.4, -0.2) is 36.6 Å². The van der Waals surface area contributed by atoms with Crippen LogP contribution in [0.2, 0.25) is 0 Å². The highest BCUT2D eigenvalue weighted by atomic mass is 15.2. The number of hydrogen-bond acceptors (Lipinski definition) is 2. The third kappa shape index (κ3) is 4.06. The molecule has 1 aliphatic rings. The standard InChI is InChI=1S/C14H30N2/c1-11(2)15-9-13-7-8-16(10-13)12(3)14(4,5)6/h11-13,15H,7-10H2,1-6H3. The Hall–Kier alpha value is -0.0800. The lowest BCUT2D eigenvalue weighted by Crippen LogP contribution is -2.41. The van der Waals surface area contributed by atoms with Gasteiger partial charge in [0.15, 0.2) is 0 Å². The van der Waals surface area contributed by atoms with E-state index in [4.69, 9.17) is 0 Å². The van der Waals surface area contributed by atoms with Crippen molar-refractivity contribution < 1.29 is 0 Å². The van der Waals surface area contributed by atoms with Crippen molar-refractivity contribution in [3.63, 3.8) is 0 Å². The van der Waals surface area contributed by atoms with Crippen molar-refractivity contribution in [2.75, 3.05) is 19.6 Å². The predicted molar refractivity (Wildman–Crippen MR) is 71.7 cm³/mol. The van der Waals surface area contributed by atoms with Crippen LogP contribution in [0.1, 0.15) is 48.0 Å². The van der Waals surface area contributed by atoms with Crippen LogP contribution >= 0.6 is 0 Å². The first-order valence-corrected chi connectivity index (χ1v) is 6.78. The SMILES string of the molecule is CC(C)NCC1CCN(C(C)C(C)(C)C)C1. The van der Waals surface area contributed by atoms with Crippen molar-refractivity contribution in [1.29, 1.82) is 0 Å². The number of nitrogens with one attached hydrogen (secondary N) is 1. The first-order valence-electron chi connectivity index (χ1n) is 6.78. The zero-order chi connectivity index (χ0) is 12.3. The van der Waals surface area contributed by atoms with Gasteiger partial charge in [-0.3, -0.25) is 4.90 Å². The normalized spacial score (nSPS) is 25.3. The fourth-order valence-electron chi connectivity index (χ4n) is 2.33. The van der Waals surface area contributed by atoms with E-state index in [0.29, 0.717) is 17.5 Å². The molecular weight excluding hydrogens is 196 g/mol. The molecule has 1 fully saturated rings. The Morgan fingerprint density at radius 1 is 1.25 bits per heavy atom. The van der Waals surface area contributed by atoms with Crippen LogP contribution in [0.4, 0.5) is 0 Å². The van der Waals surface area contributed by atoms with Crippen LogP contribution in [0.5, 0.6) is 0 Å². The molecule has 0 aliphatic carbocycles. The van der Waals surface area contributed by atoms with E-state index in [-0.39, 0.29) is 0 Å². The fourth-order valence-corrected chi connectivity index (χ4v) is 2.33. The zero-order valence-corrected chi connectivity index (χ0v) is 12.0. The first-order chi connectivity index (χ1) is 7.30. The number of hydrogen-bond donors (Lipinski definition) is 1. The molecule has 0 aromatic heterocycles. The Labute approximate surface area is 102 Å². The number of rotatable bonds is 4. The molecule has 0 saturated carbocycles. The molecule has 0 bridgehead atoms. The average Bonchev–Trinajstić information content (AvgIpc) is 2.60. The van der Waals surface area contributed by atoms with Crippen LogP contribution in [0.25, 0.3) is 0 Å². The van der Waals surface area contributed by atoms with Crippen molar-refractivity contribution in [2.24, 2.45) is 11.3 Å². The van der Waals surface area contributed by atoms with Gasteiger partial charge in [0.2, 0.25) is 0 Å². The molecule has 0 aromatic rings. The van der Waals surface area contributed by atoms with Crippen molar-refractivity contribution in [2.45, 2.75) is 60.0 Å². The minimum absolute atomic E-state index is 0.403.